The van der Waals surface area contributed by atoms with Crippen molar-refractivity contribution in [1.29, 1.82) is 0 Å². The van der Waals surface area contributed by atoms with Crippen LogP contribution in [0.1, 0.15) is 170 Å². The Bertz CT molecular complexity index is 620. The van der Waals surface area contributed by atoms with E-state index in [1.54, 1.807) is 0 Å². The number of rotatable bonds is 22. The molecule has 2 rings (SSSR count). The molecule has 0 aromatic rings. The first kappa shape index (κ1) is 37.5. The van der Waals surface area contributed by atoms with E-state index in [2.05, 4.69) is 13.8 Å². The molecule has 238 valence electrons. The number of aliphatic hydroxyl groups excluding tert-OH is 1. The monoisotopic (exact) mass is 570 g/mol. The van der Waals surface area contributed by atoms with Crippen LogP contribution in [0.15, 0.2) is 0 Å². The molecule has 6 heteroatoms. The van der Waals surface area contributed by atoms with Gasteiger partial charge >= 0.3 is 0 Å². The molecule has 0 aliphatic carbocycles. The van der Waals surface area contributed by atoms with Crippen molar-refractivity contribution in [3.8, 4) is 0 Å². The van der Waals surface area contributed by atoms with Gasteiger partial charge in [-0.25, -0.2) is 0 Å². The highest BCUT2D eigenvalue weighted by Crippen LogP contribution is 2.26. The van der Waals surface area contributed by atoms with Gasteiger partial charge in [-0.05, 0) is 72.6 Å². The first-order valence-electron chi connectivity index (χ1n) is 16.9. The van der Waals surface area contributed by atoms with Crippen molar-refractivity contribution in [2.75, 3.05) is 13.2 Å². The first-order valence-corrected chi connectivity index (χ1v) is 16.9. The first-order chi connectivity index (χ1) is 19.1. The summed E-state index contributed by atoms with van der Waals surface area (Å²) in [6.07, 6.45) is 22.7. The van der Waals surface area contributed by atoms with Gasteiger partial charge in [-0.15, -0.1) is 0 Å². The Kier molecular flexibility index (Phi) is 20.7. The Labute approximate surface area is 247 Å². The van der Waals surface area contributed by atoms with E-state index in [0.29, 0.717) is 25.4 Å². The zero-order valence-corrected chi connectivity index (χ0v) is 27.3. The largest absolute Gasteiger partial charge is 0.393 e. The van der Waals surface area contributed by atoms with Crippen molar-refractivity contribution < 1.29 is 28.8 Å². The normalized spacial score (nSPS) is 22.2. The van der Waals surface area contributed by atoms with Gasteiger partial charge in [-0.2, -0.15) is 0 Å². The summed E-state index contributed by atoms with van der Waals surface area (Å²) in [4.78, 5) is 11.8. The highest BCUT2D eigenvalue weighted by molar-refractivity contribution is 5.78. The molecule has 6 nitrogen and oxygen atoms in total. The maximum absolute atomic E-state index is 11.8. The highest BCUT2D eigenvalue weighted by atomic mass is 16.7. The quantitative estimate of drug-likeness (QED) is 0.131. The maximum Gasteiger partial charge on any atom is 0.163 e. The number of unbranched alkanes of at least 4 members (excludes halogenated alkanes) is 10. The summed E-state index contributed by atoms with van der Waals surface area (Å²) in [5.74, 6) is -0.437. The van der Waals surface area contributed by atoms with Gasteiger partial charge in [-0.1, -0.05) is 84.5 Å². The van der Waals surface area contributed by atoms with Crippen LogP contribution >= 0.6 is 0 Å². The van der Waals surface area contributed by atoms with Gasteiger partial charge in [0, 0.05) is 12.8 Å². The maximum atomic E-state index is 11.8. The van der Waals surface area contributed by atoms with Crippen molar-refractivity contribution in [3.05, 3.63) is 0 Å². The van der Waals surface area contributed by atoms with Gasteiger partial charge in [0.1, 0.15) is 5.78 Å². The van der Waals surface area contributed by atoms with Gasteiger partial charge in [-0.3, -0.25) is 4.79 Å². The van der Waals surface area contributed by atoms with Crippen LogP contribution in [0.5, 0.6) is 0 Å². The fraction of sp³-hybridized carbons (Fsp3) is 0.971. The van der Waals surface area contributed by atoms with Gasteiger partial charge in [0.2, 0.25) is 0 Å². The van der Waals surface area contributed by atoms with Crippen LogP contribution in [0.25, 0.3) is 0 Å². The van der Waals surface area contributed by atoms with Gasteiger partial charge in [0.25, 0.3) is 0 Å². The molecule has 0 aromatic heterocycles. The van der Waals surface area contributed by atoms with Crippen LogP contribution in [0.4, 0.5) is 0 Å². The fourth-order valence-electron chi connectivity index (χ4n) is 5.45. The molecule has 3 atom stereocenters. The van der Waals surface area contributed by atoms with E-state index < -0.39 is 11.6 Å². The summed E-state index contributed by atoms with van der Waals surface area (Å²) >= 11 is 0. The number of Topliss-reactive ketones (excluding diaryl/α,β-unsaturated/α-hetero) is 1. The molecule has 1 unspecified atom stereocenters. The number of carbonyl (C=O) groups excluding carboxylic acids is 1. The molecule has 2 saturated heterocycles. The molecule has 0 saturated carbocycles. The van der Waals surface area contributed by atoms with Crippen LogP contribution < -0.4 is 0 Å². The van der Waals surface area contributed by atoms with E-state index in [1.165, 1.54) is 70.6 Å². The summed E-state index contributed by atoms with van der Waals surface area (Å²) in [5.41, 5.74) is 0. The van der Waals surface area contributed by atoms with Gasteiger partial charge in [0.15, 0.2) is 11.6 Å². The lowest BCUT2D eigenvalue weighted by atomic mass is 10.0. The summed E-state index contributed by atoms with van der Waals surface area (Å²) in [6, 6.07) is 0. The number of hydrogen-bond acceptors (Lipinski definition) is 6. The topological polar surface area (TPSA) is 74.2 Å². The number of carbonyl (C=O) groups is 1. The molecule has 0 bridgehead atoms. The van der Waals surface area contributed by atoms with E-state index >= 15 is 0 Å². The van der Waals surface area contributed by atoms with E-state index in [9.17, 15) is 9.90 Å². The van der Waals surface area contributed by atoms with E-state index in [-0.39, 0.29) is 18.3 Å². The lowest BCUT2D eigenvalue weighted by molar-refractivity contribution is -0.139. The Hall–Kier alpha value is -0.530. The van der Waals surface area contributed by atoms with Crippen molar-refractivity contribution in [1.82, 2.24) is 0 Å². The molecular formula is C34H66O6. The highest BCUT2D eigenvalue weighted by Gasteiger charge is 2.33. The zero-order valence-electron chi connectivity index (χ0n) is 27.3. The second-order valence-corrected chi connectivity index (χ2v) is 13.0. The number of ether oxygens (including phenoxy) is 4. The fourth-order valence-corrected chi connectivity index (χ4v) is 5.45. The van der Waals surface area contributed by atoms with Crippen molar-refractivity contribution in [2.45, 2.75) is 200 Å². The zero-order chi connectivity index (χ0) is 29.7. The molecule has 2 fully saturated rings. The number of aliphatic hydroxyl groups is 1. The van der Waals surface area contributed by atoms with Gasteiger partial charge < -0.3 is 24.1 Å². The van der Waals surface area contributed by atoms with Crippen LogP contribution in [0.3, 0.4) is 0 Å². The Morgan fingerprint density at radius 3 is 1.57 bits per heavy atom. The number of hydrogen-bond donors (Lipinski definition) is 1. The molecule has 0 aromatic carbocycles. The standard InChI is InChI=1S/C17H34O3.C17H32O3/c2*1-4-5-6-7-8-9-11-15(18)12-10-13-16-14-19-17(2,3)20-16/h15-16,18H,4-14H2,1-3H3;16H,4-14H2,1-3H3/t15?,16-;16-/m00/s1. The Morgan fingerprint density at radius 1 is 0.650 bits per heavy atom. The van der Waals surface area contributed by atoms with Crippen LogP contribution in [-0.2, 0) is 23.7 Å². The minimum absolute atomic E-state index is 0.128. The summed E-state index contributed by atoms with van der Waals surface area (Å²) in [6.45, 7) is 13.6. The van der Waals surface area contributed by atoms with Crippen LogP contribution in [0.2, 0.25) is 0 Å². The molecule has 1 N–H and O–H groups in total. The van der Waals surface area contributed by atoms with Gasteiger partial charge in [0.05, 0.1) is 31.5 Å². The van der Waals surface area contributed by atoms with Crippen LogP contribution in [0, 0.1) is 0 Å². The van der Waals surface area contributed by atoms with Crippen LogP contribution in [-0.4, -0.2) is 54.0 Å². The summed E-state index contributed by atoms with van der Waals surface area (Å²) in [5, 5.41) is 9.96. The minimum Gasteiger partial charge on any atom is -0.393 e. The second kappa shape index (κ2) is 22.1. The predicted octanol–water partition coefficient (Wildman–Crippen LogP) is 9.05. The molecule has 40 heavy (non-hydrogen) atoms. The molecule has 0 spiro atoms. The van der Waals surface area contributed by atoms with E-state index in [1.807, 2.05) is 27.7 Å². The van der Waals surface area contributed by atoms with Crippen molar-refractivity contribution in [3.63, 3.8) is 0 Å². The third kappa shape index (κ3) is 20.4. The average Bonchev–Trinajstić information content (AvgIpc) is 3.43. The van der Waals surface area contributed by atoms with Crippen molar-refractivity contribution in [2.24, 2.45) is 0 Å². The SMILES string of the molecule is CCCCCCCCC(=O)CCC[C@H]1COC(C)(C)O1.CCCCCCCCC(O)CCC[C@H]1COC(C)(C)O1. The van der Waals surface area contributed by atoms with Crippen molar-refractivity contribution >= 4 is 5.78 Å². The molecule has 2 heterocycles. The molecule has 0 radical (unpaired) electrons. The number of ketones is 1. The van der Waals surface area contributed by atoms with E-state index in [4.69, 9.17) is 18.9 Å². The molecular weight excluding hydrogens is 504 g/mol. The smallest absolute Gasteiger partial charge is 0.163 e. The second-order valence-electron chi connectivity index (χ2n) is 13.0. The Balaban J connectivity index is 0.000000400. The third-order valence-corrected chi connectivity index (χ3v) is 7.88. The lowest BCUT2D eigenvalue weighted by Crippen LogP contribution is -2.21. The predicted molar refractivity (Wildman–Crippen MR) is 165 cm³/mol. The molecule has 2 aliphatic heterocycles. The molecule has 2 aliphatic rings. The average molecular weight is 571 g/mol. The minimum atomic E-state index is -0.437. The summed E-state index contributed by atoms with van der Waals surface area (Å²) in [7, 11) is 0. The summed E-state index contributed by atoms with van der Waals surface area (Å²) < 4.78 is 22.5. The van der Waals surface area contributed by atoms with E-state index in [0.717, 1.165) is 51.4 Å². The Morgan fingerprint density at radius 2 is 1.07 bits per heavy atom. The lowest BCUT2D eigenvalue weighted by Gasteiger charge is -2.17. The molecule has 0 amide bonds. The third-order valence-electron chi connectivity index (χ3n) is 7.88.